The zero-order chi connectivity index (χ0) is 15.4. The minimum atomic E-state index is -0.0554. The van der Waals surface area contributed by atoms with E-state index in [9.17, 15) is 4.79 Å². The van der Waals surface area contributed by atoms with E-state index in [1.54, 1.807) is 0 Å². The van der Waals surface area contributed by atoms with Gasteiger partial charge >= 0.3 is 0 Å². The zero-order valence-corrected chi connectivity index (χ0v) is 12.9. The number of nitrogens with zero attached hydrogens (tertiary/aromatic N) is 1. The molecular weight excluding hydrogens is 266 g/mol. The van der Waals surface area contributed by atoms with E-state index >= 15 is 0 Å². The lowest BCUT2D eigenvalue weighted by molar-refractivity contribution is -0.115. The summed E-state index contributed by atoms with van der Waals surface area (Å²) < 4.78 is 5.57. The Bertz CT molecular complexity index is 595. The normalized spacial score (nSPS) is 10.7. The molecule has 0 radical (unpaired) electrons. The molecule has 0 spiro atoms. The summed E-state index contributed by atoms with van der Waals surface area (Å²) >= 11 is 0. The first-order valence-electron chi connectivity index (χ1n) is 7.02. The number of anilines is 1. The maximum absolute atomic E-state index is 12.1. The standard InChI is InChI=1S/C16H21N3O2/c1-10(2)21-14-7-5-13(6-8-14)17-16(20)9-15-11(3)18-19-12(15)4/h5-8,10H,9H2,1-4H3,(H,17,20)(H,18,19). The lowest BCUT2D eigenvalue weighted by Crippen LogP contribution is -2.15. The molecule has 1 heterocycles. The van der Waals surface area contributed by atoms with Crippen LogP contribution in [0.4, 0.5) is 5.69 Å². The minimum Gasteiger partial charge on any atom is -0.491 e. The molecule has 2 rings (SSSR count). The second-order valence-electron chi connectivity index (χ2n) is 5.33. The van der Waals surface area contributed by atoms with Crippen molar-refractivity contribution in [3.05, 3.63) is 41.2 Å². The van der Waals surface area contributed by atoms with E-state index in [-0.39, 0.29) is 12.0 Å². The monoisotopic (exact) mass is 287 g/mol. The topological polar surface area (TPSA) is 67.0 Å². The largest absolute Gasteiger partial charge is 0.491 e. The average molecular weight is 287 g/mol. The minimum absolute atomic E-state index is 0.0554. The highest BCUT2D eigenvalue weighted by Gasteiger charge is 2.11. The fourth-order valence-electron chi connectivity index (χ4n) is 2.09. The predicted molar refractivity (Wildman–Crippen MR) is 82.6 cm³/mol. The molecule has 2 N–H and O–H groups in total. The average Bonchev–Trinajstić information content (AvgIpc) is 2.72. The molecule has 0 aliphatic rings. The van der Waals surface area contributed by atoms with Crippen molar-refractivity contribution in [1.82, 2.24) is 10.2 Å². The van der Waals surface area contributed by atoms with Crippen molar-refractivity contribution in [3.63, 3.8) is 0 Å². The Hall–Kier alpha value is -2.30. The SMILES string of the molecule is Cc1n[nH]c(C)c1CC(=O)Nc1ccc(OC(C)C)cc1. The van der Waals surface area contributed by atoms with Gasteiger partial charge in [0.15, 0.2) is 0 Å². The number of ether oxygens (including phenoxy) is 1. The lowest BCUT2D eigenvalue weighted by Gasteiger charge is -2.10. The molecule has 1 aromatic carbocycles. The number of aryl methyl sites for hydroxylation is 2. The number of hydrogen-bond donors (Lipinski definition) is 2. The van der Waals surface area contributed by atoms with Gasteiger partial charge in [0.2, 0.25) is 5.91 Å². The molecule has 5 nitrogen and oxygen atoms in total. The number of benzene rings is 1. The van der Waals surface area contributed by atoms with Crippen LogP contribution in [0.3, 0.4) is 0 Å². The number of aromatic amines is 1. The molecule has 21 heavy (non-hydrogen) atoms. The highest BCUT2D eigenvalue weighted by molar-refractivity contribution is 5.92. The fraction of sp³-hybridized carbons (Fsp3) is 0.375. The van der Waals surface area contributed by atoms with Crippen LogP contribution in [-0.4, -0.2) is 22.2 Å². The van der Waals surface area contributed by atoms with Gasteiger partial charge in [0.25, 0.3) is 0 Å². The van der Waals surface area contributed by atoms with E-state index in [0.29, 0.717) is 6.42 Å². The molecule has 0 bridgehead atoms. The highest BCUT2D eigenvalue weighted by Crippen LogP contribution is 2.17. The van der Waals surface area contributed by atoms with Crippen LogP contribution >= 0.6 is 0 Å². The highest BCUT2D eigenvalue weighted by atomic mass is 16.5. The third-order valence-electron chi connectivity index (χ3n) is 3.13. The molecule has 1 aromatic heterocycles. The first-order chi connectivity index (χ1) is 9.95. The molecule has 1 amide bonds. The summed E-state index contributed by atoms with van der Waals surface area (Å²) in [5.74, 6) is 0.740. The van der Waals surface area contributed by atoms with Crippen molar-refractivity contribution < 1.29 is 9.53 Å². The fourth-order valence-corrected chi connectivity index (χ4v) is 2.09. The third-order valence-corrected chi connectivity index (χ3v) is 3.13. The molecular formula is C16H21N3O2. The Morgan fingerprint density at radius 3 is 2.48 bits per heavy atom. The summed E-state index contributed by atoms with van der Waals surface area (Å²) in [6, 6.07) is 7.38. The lowest BCUT2D eigenvalue weighted by atomic mass is 10.1. The number of carbonyl (C=O) groups is 1. The van der Waals surface area contributed by atoms with Crippen LogP contribution in [0.25, 0.3) is 0 Å². The Balaban J connectivity index is 1.97. The summed E-state index contributed by atoms with van der Waals surface area (Å²) in [6.07, 6.45) is 0.454. The zero-order valence-electron chi connectivity index (χ0n) is 12.9. The summed E-state index contributed by atoms with van der Waals surface area (Å²) in [4.78, 5) is 12.1. The number of amides is 1. The van der Waals surface area contributed by atoms with Crippen LogP contribution in [0.1, 0.15) is 30.8 Å². The van der Waals surface area contributed by atoms with Crippen molar-refractivity contribution in [2.45, 2.75) is 40.2 Å². The van der Waals surface area contributed by atoms with Crippen LogP contribution in [0.15, 0.2) is 24.3 Å². The van der Waals surface area contributed by atoms with Gasteiger partial charge in [0.1, 0.15) is 5.75 Å². The van der Waals surface area contributed by atoms with Gasteiger partial charge in [-0.1, -0.05) is 0 Å². The Kier molecular flexibility index (Phi) is 4.62. The van der Waals surface area contributed by atoms with Crippen molar-refractivity contribution >= 4 is 11.6 Å². The summed E-state index contributed by atoms with van der Waals surface area (Å²) in [5, 5.41) is 9.86. The third kappa shape index (κ3) is 4.08. The van der Waals surface area contributed by atoms with Crippen LogP contribution in [0.2, 0.25) is 0 Å². The van der Waals surface area contributed by atoms with Crippen molar-refractivity contribution in [1.29, 1.82) is 0 Å². The van der Waals surface area contributed by atoms with Gasteiger partial charge in [-0.2, -0.15) is 5.10 Å². The van der Waals surface area contributed by atoms with Gasteiger partial charge in [-0.3, -0.25) is 9.89 Å². The Morgan fingerprint density at radius 1 is 1.29 bits per heavy atom. The van der Waals surface area contributed by atoms with Crippen molar-refractivity contribution in [2.24, 2.45) is 0 Å². The van der Waals surface area contributed by atoms with E-state index in [1.807, 2.05) is 52.0 Å². The van der Waals surface area contributed by atoms with Crippen LogP contribution in [-0.2, 0) is 11.2 Å². The van der Waals surface area contributed by atoms with Crippen LogP contribution < -0.4 is 10.1 Å². The molecule has 5 heteroatoms. The molecule has 0 atom stereocenters. The maximum atomic E-state index is 12.1. The van der Waals surface area contributed by atoms with E-state index < -0.39 is 0 Å². The molecule has 0 unspecified atom stereocenters. The molecule has 0 aliphatic carbocycles. The molecule has 0 saturated heterocycles. The van der Waals surface area contributed by atoms with E-state index in [2.05, 4.69) is 15.5 Å². The second kappa shape index (κ2) is 6.43. The summed E-state index contributed by atoms with van der Waals surface area (Å²) in [5.41, 5.74) is 3.51. The molecule has 0 fully saturated rings. The quantitative estimate of drug-likeness (QED) is 0.888. The molecule has 0 aliphatic heterocycles. The van der Waals surface area contributed by atoms with E-state index in [1.165, 1.54) is 0 Å². The van der Waals surface area contributed by atoms with Gasteiger partial charge < -0.3 is 10.1 Å². The van der Waals surface area contributed by atoms with Gasteiger partial charge in [-0.05, 0) is 52.0 Å². The summed E-state index contributed by atoms with van der Waals surface area (Å²) in [6.45, 7) is 7.77. The smallest absolute Gasteiger partial charge is 0.228 e. The van der Waals surface area contributed by atoms with Crippen molar-refractivity contribution in [2.75, 3.05) is 5.32 Å². The van der Waals surface area contributed by atoms with Crippen LogP contribution in [0.5, 0.6) is 5.75 Å². The number of rotatable bonds is 5. The first-order valence-corrected chi connectivity index (χ1v) is 7.02. The van der Waals surface area contributed by atoms with Gasteiger partial charge in [-0.25, -0.2) is 0 Å². The summed E-state index contributed by atoms with van der Waals surface area (Å²) in [7, 11) is 0. The maximum Gasteiger partial charge on any atom is 0.228 e. The number of nitrogens with one attached hydrogen (secondary N) is 2. The van der Waals surface area contributed by atoms with E-state index in [0.717, 1.165) is 28.4 Å². The predicted octanol–water partition coefficient (Wildman–Crippen LogP) is 2.99. The molecule has 112 valence electrons. The Labute approximate surface area is 124 Å². The first kappa shape index (κ1) is 15.1. The van der Waals surface area contributed by atoms with Crippen LogP contribution in [0, 0.1) is 13.8 Å². The molecule has 0 saturated carbocycles. The van der Waals surface area contributed by atoms with Gasteiger partial charge in [0.05, 0.1) is 18.2 Å². The molecule has 2 aromatic rings. The Morgan fingerprint density at radius 2 is 1.95 bits per heavy atom. The number of aromatic nitrogens is 2. The van der Waals surface area contributed by atoms with Gasteiger partial charge in [0, 0.05) is 16.9 Å². The number of H-pyrrole nitrogens is 1. The van der Waals surface area contributed by atoms with Crippen molar-refractivity contribution in [3.8, 4) is 5.75 Å². The van der Waals surface area contributed by atoms with Gasteiger partial charge in [-0.15, -0.1) is 0 Å². The van der Waals surface area contributed by atoms with E-state index in [4.69, 9.17) is 4.74 Å². The number of carbonyl (C=O) groups excluding carboxylic acids is 1. The number of hydrogen-bond acceptors (Lipinski definition) is 3. The second-order valence-corrected chi connectivity index (χ2v) is 5.33.